The Labute approximate surface area is 395 Å². The largest absolute Gasteiger partial charge is 0.499 e. The maximum absolute atomic E-state index is 7.38. The summed E-state index contributed by atoms with van der Waals surface area (Å²) in [6, 6.07) is 61.6. The number of benzene rings is 8. The van der Waals surface area contributed by atoms with Crippen molar-refractivity contribution in [1.82, 2.24) is 19.5 Å². The van der Waals surface area contributed by atoms with Crippen LogP contribution in [0.4, 0.5) is 0 Å². The molecule has 8 aromatic carbocycles. The Balaban J connectivity index is 1.19. The molecular weight excluding hydrogens is 835 g/mol. The van der Waals surface area contributed by atoms with Gasteiger partial charge in [0.25, 0.3) is 0 Å². The first-order valence-corrected chi connectivity index (χ1v) is 23.5. The van der Waals surface area contributed by atoms with E-state index in [2.05, 4.69) is 155 Å². The van der Waals surface area contributed by atoms with E-state index in [0.717, 1.165) is 88.5 Å². The smallest absolute Gasteiger partial charge is 0.456 e. The van der Waals surface area contributed by atoms with Crippen molar-refractivity contribution in [3.63, 3.8) is 0 Å². The van der Waals surface area contributed by atoms with Gasteiger partial charge in [0.05, 0.1) is 22.2 Å². The van der Waals surface area contributed by atoms with Crippen molar-refractivity contribution in [3.05, 3.63) is 187 Å². The number of hydrogen-bond donors (Lipinski definition) is 0. The van der Waals surface area contributed by atoms with Crippen LogP contribution in [0.15, 0.2) is 180 Å². The molecule has 8 heteroatoms. The first-order chi connectivity index (χ1) is 33.0. The van der Waals surface area contributed by atoms with Crippen molar-refractivity contribution in [1.29, 1.82) is 0 Å². The SMILES string of the molecule is CC1(C)c2ccccc2-c2c1c(-c1ccc3c(c1)c1ccccc1n3-c1ccccc1)c1c(oc3cccc(-c4nc(-c5ccccc5)nc(-c5ccccc5)n4)c31)c2B1OC(C)(C)C(C)(C)O1. The van der Waals surface area contributed by atoms with Gasteiger partial charge in [-0.3, -0.25) is 0 Å². The highest BCUT2D eigenvalue weighted by atomic mass is 16.7. The summed E-state index contributed by atoms with van der Waals surface area (Å²) in [5, 5.41) is 4.23. The van der Waals surface area contributed by atoms with E-state index in [1.165, 1.54) is 16.5 Å². The summed E-state index contributed by atoms with van der Waals surface area (Å²) < 4.78 is 23.9. The van der Waals surface area contributed by atoms with Gasteiger partial charge in [-0.15, -0.1) is 0 Å². The number of aromatic nitrogens is 4. The van der Waals surface area contributed by atoms with Gasteiger partial charge in [-0.05, 0) is 97.5 Å². The van der Waals surface area contributed by atoms with Gasteiger partial charge < -0.3 is 18.3 Å². The lowest BCUT2D eigenvalue weighted by Crippen LogP contribution is -2.41. The van der Waals surface area contributed by atoms with Gasteiger partial charge in [-0.2, -0.15) is 0 Å². The van der Waals surface area contributed by atoms with E-state index in [1.54, 1.807) is 0 Å². The minimum atomic E-state index is -0.728. The molecule has 11 aromatic rings. The first kappa shape index (κ1) is 40.6. The molecule has 1 aliphatic carbocycles. The molecule has 0 bridgehead atoms. The number of furan rings is 1. The van der Waals surface area contributed by atoms with Gasteiger partial charge in [0, 0.05) is 54.8 Å². The molecule has 7 nitrogen and oxygen atoms in total. The fraction of sp³-hybridized carbons (Fsp3) is 0.150. The van der Waals surface area contributed by atoms with Gasteiger partial charge in [-0.1, -0.05) is 153 Å². The van der Waals surface area contributed by atoms with E-state index in [9.17, 15) is 0 Å². The minimum Gasteiger partial charge on any atom is -0.456 e. The second-order valence-corrected chi connectivity index (χ2v) is 19.7. The maximum Gasteiger partial charge on any atom is 0.499 e. The van der Waals surface area contributed by atoms with E-state index >= 15 is 0 Å². The Morgan fingerprint density at radius 3 is 1.74 bits per heavy atom. The van der Waals surface area contributed by atoms with Gasteiger partial charge in [0.1, 0.15) is 11.2 Å². The molecule has 0 radical (unpaired) electrons. The summed E-state index contributed by atoms with van der Waals surface area (Å²) in [5.41, 5.74) is 13.6. The Morgan fingerprint density at radius 1 is 0.471 bits per heavy atom. The molecule has 0 spiro atoms. The number of fused-ring (bicyclic) bond motifs is 9. The predicted octanol–water partition coefficient (Wildman–Crippen LogP) is 14.1. The van der Waals surface area contributed by atoms with Crippen molar-refractivity contribution < 1.29 is 13.7 Å². The lowest BCUT2D eigenvalue weighted by molar-refractivity contribution is 0.00578. The third-order valence-electron chi connectivity index (χ3n) is 14.9. The molecule has 4 heterocycles. The van der Waals surface area contributed by atoms with Gasteiger partial charge in [-0.25, -0.2) is 15.0 Å². The first-order valence-electron chi connectivity index (χ1n) is 23.5. The molecule has 1 saturated heterocycles. The molecule has 13 rings (SSSR count). The molecule has 0 N–H and O–H groups in total. The van der Waals surface area contributed by atoms with Crippen LogP contribution in [0.1, 0.15) is 52.7 Å². The molecule has 0 unspecified atom stereocenters. The van der Waals surface area contributed by atoms with Crippen LogP contribution < -0.4 is 5.46 Å². The van der Waals surface area contributed by atoms with Crippen LogP contribution in [0.3, 0.4) is 0 Å². The Bertz CT molecular complexity index is 3760. The zero-order chi connectivity index (χ0) is 46.1. The van der Waals surface area contributed by atoms with Crippen LogP contribution in [-0.4, -0.2) is 37.8 Å². The summed E-state index contributed by atoms with van der Waals surface area (Å²) in [4.78, 5) is 15.7. The van der Waals surface area contributed by atoms with E-state index in [0.29, 0.717) is 17.5 Å². The summed E-state index contributed by atoms with van der Waals surface area (Å²) in [6.45, 7) is 13.2. The second kappa shape index (κ2) is 14.7. The Kier molecular flexibility index (Phi) is 8.77. The quantitative estimate of drug-likeness (QED) is 0.155. The predicted molar refractivity (Wildman–Crippen MR) is 276 cm³/mol. The molecule has 328 valence electrons. The third kappa shape index (κ3) is 5.90. The zero-order valence-electron chi connectivity index (χ0n) is 38.8. The van der Waals surface area contributed by atoms with E-state index in [4.69, 9.17) is 28.7 Å². The van der Waals surface area contributed by atoms with Gasteiger partial charge >= 0.3 is 7.12 Å². The molecule has 0 saturated carbocycles. The van der Waals surface area contributed by atoms with Gasteiger partial charge in [0.2, 0.25) is 0 Å². The number of hydrogen-bond acceptors (Lipinski definition) is 6. The van der Waals surface area contributed by atoms with E-state index in [-0.39, 0.29) is 0 Å². The highest BCUT2D eigenvalue weighted by molar-refractivity contribution is 6.67. The van der Waals surface area contributed by atoms with Crippen LogP contribution in [0.5, 0.6) is 0 Å². The van der Waals surface area contributed by atoms with Crippen molar-refractivity contribution in [2.24, 2.45) is 0 Å². The Hall–Kier alpha value is -7.65. The topological polar surface area (TPSA) is 75.2 Å². The number of nitrogens with zero attached hydrogens (tertiary/aromatic N) is 4. The molecule has 0 amide bonds. The highest BCUT2D eigenvalue weighted by Crippen LogP contribution is 2.57. The van der Waals surface area contributed by atoms with Crippen LogP contribution in [0, 0.1) is 0 Å². The molecule has 68 heavy (non-hydrogen) atoms. The summed E-state index contributed by atoms with van der Waals surface area (Å²) >= 11 is 0. The van der Waals surface area contributed by atoms with Crippen molar-refractivity contribution in [3.8, 4) is 62.1 Å². The van der Waals surface area contributed by atoms with Crippen LogP contribution in [0.2, 0.25) is 0 Å². The molecule has 1 aliphatic heterocycles. The normalized spacial score (nSPS) is 15.7. The highest BCUT2D eigenvalue weighted by Gasteiger charge is 2.55. The molecule has 0 atom stereocenters. The average Bonchev–Trinajstić information content (AvgIpc) is 4.05. The van der Waals surface area contributed by atoms with Gasteiger partial charge in [0.15, 0.2) is 17.5 Å². The van der Waals surface area contributed by atoms with Crippen LogP contribution in [-0.2, 0) is 14.7 Å². The third-order valence-corrected chi connectivity index (χ3v) is 14.9. The average molecular weight is 883 g/mol. The molecule has 1 fully saturated rings. The van der Waals surface area contributed by atoms with Crippen LogP contribution >= 0.6 is 0 Å². The van der Waals surface area contributed by atoms with Crippen molar-refractivity contribution >= 4 is 56.3 Å². The maximum atomic E-state index is 7.38. The summed E-state index contributed by atoms with van der Waals surface area (Å²) in [7, 11) is -0.728. The lowest BCUT2D eigenvalue weighted by Gasteiger charge is -2.32. The number of rotatable bonds is 6. The lowest BCUT2D eigenvalue weighted by atomic mass is 9.69. The van der Waals surface area contributed by atoms with E-state index < -0.39 is 23.7 Å². The minimum absolute atomic E-state index is 0.451. The fourth-order valence-electron chi connectivity index (χ4n) is 10.9. The molecular formula is C60H47BN4O3. The molecule has 3 aromatic heterocycles. The summed E-state index contributed by atoms with van der Waals surface area (Å²) in [6.07, 6.45) is 0. The Morgan fingerprint density at radius 2 is 1.04 bits per heavy atom. The second-order valence-electron chi connectivity index (χ2n) is 19.7. The van der Waals surface area contributed by atoms with E-state index in [1.807, 2.05) is 66.7 Å². The van der Waals surface area contributed by atoms with Crippen molar-refractivity contribution in [2.45, 2.75) is 58.2 Å². The van der Waals surface area contributed by atoms with Crippen LogP contribution in [0.25, 0.3) is 106 Å². The van der Waals surface area contributed by atoms with Crippen molar-refractivity contribution in [2.75, 3.05) is 0 Å². The standard InChI is InChI=1S/C60H47BN4O3/c1-58(2)44-30-18-16-28-41(44)50-52(58)48(38-33-34-46-43(35-38)40-27-17-19-31-45(40)65(46)39-25-14-9-15-26-39)51-49-42(29-20-32-47(49)66-54(51)53(50)61-67-59(3,4)60(5,6)68-61)57-63-55(36-21-10-7-11-22-36)62-56(64-57)37-23-12-8-13-24-37/h7-35H,1-6H3. The monoisotopic (exact) mass is 882 g/mol. The molecule has 2 aliphatic rings. The zero-order valence-corrected chi connectivity index (χ0v) is 38.8. The fourth-order valence-corrected chi connectivity index (χ4v) is 10.9. The number of para-hydroxylation sites is 2. The summed E-state index contributed by atoms with van der Waals surface area (Å²) in [5.74, 6) is 1.74.